The zero-order valence-corrected chi connectivity index (χ0v) is 8.53. The molecule has 1 amide bonds. The number of benzene rings is 1. The summed E-state index contributed by atoms with van der Waals surface area (Å²) in [5, 5.41) is 27.4. The van der Waals surface area contributed by atoms with Crippen LogP contribution in [-0.4, -0.2) is 12.1 Å². The van der Waals surface area contributed by atoms with Crippen LogP contribution in [0.4, 0.5) is 5.69 Å². The average Bonchev–Trinajstić information content (AvgIpc) is 2.27. The molecule has 0 saturated carbocycles. The van der Waals surface area contributed by atoms with Gasteiger partial charge in [-0.1, -0.05) is 0 Å². The number of nitriles is 2. The van der Waals surface area contributed by atoms with Crippen molar-refractivity contribution in [1.29, 1.82) is 15.9 Å². The fourth-order valence-electron chi connectivity index (χ4n) is 1.28. The summed E-state index contributed by atoms with van der Waals surface area (Å²) in [5.74, 6) is -0.295. The molecule has 78 valence electrons. The van der Waals surface area contributed by atoms with E-state index in [1.54, 1.807) is 0 Å². The minimum absolute atomic E-state index is 0.101. The Morgan fingerprint density at radius 3 is 2.56 bits per heavy atom. The van der Waals surface area contributed by atoms with E-state index < -0.39 is 0 Å². The van der Waals surface area contributed by atoms with Gasteiger partial charge in [-0.15, -0.1) is 0 Å². The van der Waals surface area contributed by atoms with Crippen molar-refractivity contribution in [2.24, 2.45) is 0 Å². The van der Waals surface area contributed by atoms with E-state index in [1.807, 2.05) is 12.1 Å². The topological polar surface area (TPSA) is 101 Å². The van der Waals surface area contributed by atoms with Crippen molar-refractivity contribution in [2.45, 2.75) is 6.92 Å². The molecule has 1 aromatic carbocycles. The maximum Gasteiger partial charge on any atom is 0.221 e. The monoisotopic (exact) mass is 212 g/mol. The lowest BCUT2D eigenvalue weighted by atomic mass is 10.0. The van der Waals surface area contributed by atoms with Gasteiger partial charge in [-0.25, -0.2) is 0 Å². The van der Waals surface area contributed by atoms with Crippen molar-refractivity contribution in [2.75, 3.05) is 5.32 Å². The van der Waals surface area contributed by atoms with Gasteiger partial charge in [-0.2, -0.15) is 10.5 Å². The summed E-state index contributed by atoms with van der Waals surface area (Å²) in [6.45, 7) is 1.33. The van der Waals surface area contributed by atoms with Gasteiger partial charge >= 0.3 is 0 Å². The van der Waals surface area contributed by atoms with Gasteiger partial charge in [0.2, 0.25) is 5.91 Å². The van der Waals surface area contributed by atoms with Crippen LogP contribution in [0.25, 0.3) is 0 Å². The van der Waals surface area contributed by atoms with E-state index in [9.17, 15) is 4.79 Å². The van der Waals surface area contributed by atoms with E-state index in [-0.39, 0.29) is 22.6 Å². The van der Waals surface area contributed by atoms with Gasteiger partial charge in [0.15, 0.2) is 0 Å². The summed E-state index contributed by atoms with van der Waals surface area (Å²) in [6, 6.07) is 6.66. The van der Waals surface area contributed by atoms with E-state index in [0.717, 1.165) is 6.21 Å². The first kappa shape index (κ1) is 11.4. The number of amides is 1. The average molecular weight is 212 g/mol. The van der Waals surface area contributed by atoms with Crippen LogP contribution in [0.3, 0.4) is 0 Å². The predicted molar refractivity (Wildman–Crippen MR) is 58.1 cm³/mol. The highest BCUT2D eigenvalue weighted by atomic mass is 16.1. The molecule has 0 bridgehead atoms. The Morgan fingerprint density at radius 2 is 2.12 bits per heavy atom. The number of carbonyl (C=O) groups is 1. The van der Waals surface area contributed by atoms with Gasteiger partial charge < -0.3 is 10.7 Å². The maximum atomic E-state index is 10.9. The van der Waals surface area contributed by atoms with E-state index in [2.05, 4.69) is 5.32 Å². The van der Waals surface area contributed by atoms with E-state index in [4.69, 9.17) is 15.9 Å². The summed E-state index contributed by atoms with van der Waals surface area (Å²) < 4.78 is 0. The highest BCUT2D eigenvalue weighted by Crippen LogP contribution is 2.21. The normalized spacial score (nSPS) is 8.69. The second kappa shape index (κ2) is 4.72. The lowest BCUT2D eigenvalue weighted by Crippen LogP contribution is -2.09. The minimum atomic E-state index is -0.295. The lowest BCUT2D eigenvalue weighted by molar-refractivity contribution is -0.114. The Kier molecular flexibility index (Phi) is 3.37. The van der Waals surface area contributed by atoms with Crippen molar-refractivity contribution in [3.63, 3.8) is 0 Å². The van der Waals surface area contributed by atoms with Gasteiger partial charge in [-0.05, 0) is 12.1 Å². The third-order valence-electron chi connectivity index (χ3n) is 1.93. The molecule has 5 nitrogen and oxygen atoms in total. The van der Waals surface area contributed by atoms with E-state index in [1.165, 1.54) is 19.1 Å². The fraction of sp³-hybridized carbons (Fsp3) is 0.0909. The molecule has 0 spiro atoms. The Labute approximate surface area is 92.4 Å². The SMILES string of the molecule is CC(=O)Nc1ccc(C#N)c(C#N)c1C=N. The predicted octanol–water partition coefficient (Wildman–Crippen LogP) is 1.39. The van der Waals surface area contributed by atoms with Crippen LogP contribution in [0.1, 0.15) is 23.6 Å². The number of nitrogens with one attached hydrogen (secondary N) is 2. The molecule has 0 aliphatic rings. The lowest BCUT2D eigenvalue weighted by Gasteiger charge is -2.08. The number of rotatable bonds is 2. The number of carbonyl (C=O) groups excluding carboxylic acids is 1. The summed E-state index contributed by atoms with van der Waals surface area (Å²) in [7, 11) is 0. The van der Waals surface area contributed by atoms with Crippen molar-refractivity contribution in [3.8, 4) is 12.1 Å². The van der Waals surface area contributed by atoms with Gasteiger partial charge in [0.05, 0.1) is 16.8 Å². The largest absolute Gasteiger partial charge is 0.326 e. The summed E-state index contributed by atoms with van der Waals surface area (Å²) >= 11 is 0. The van der Waals surface area contributed by atoms with Crippen molar-refractivity contribution >= 4 is 17.8 Å². The van der Waals surface area contributed by atoms with Crippen LogP contribution in [0.15, 0.2) is 12.1 Å². The fourth-order valence-corrected chi connectivity index (χ4v) is 1.28. The zero-order valence-electron chi connectivity index (χ0n) is 8.53. The zero-order chi connectivity index (χ0) is 12.1. The molecule has 0 heterocycles. The first-order chi connectivity index (χ1) is 7.63. The van der Waals surface area contributed by atoms with Crippen LogP contribution in [-0.2, 0) is 4.79 Å². The van der Waals surface area contributed by atoms with Crippen molar-refractivity contribution in [1.82, 2.24) is 0 Å². The summed E-state index contributed by atoms with van der Waals surface area (Å²) in [6.07, 6.45) is 0.949. The van der Waals surface area contributed by atoms with Crippen molar-refractivity contribution in [3.05, 3.63) is 28.8 Å². The Bertz CT molecular complexity index is 534. The molecule has 0 saturated heterocycles. The van der Waals surface area contributed by atoms with Crippen LogP contribution in [0.5, 0.6) is 0 Å². The molecule has 0 unspecified atom stereocenters. The summed E-state index contributed by atoms with van der Waals surface area (Å²) in [5.41, 5.74) is 0.897. The van der Waals surface area contributed by atoms with Crippen LogP contribution in [0.2, 0.25) is 0 Å². The van der Waals surface area contributed by atoms with E-state index in [0.29, 0.717) is 5.69 Å². The van der Waals surface area contributed by atoms with Crippen LogP contribution < -0.4 is 5.32 Å². The van der Waals surface area contributed by atoms with Gasteiger partial charge in [0.25, 0.3) is 0 Å². The molecule has 0 atom stereocenters. The Morgan fingerprint density at radius 1 is 1.44 bits per heavy atom. The van der Waals surface area contributed by atoms with Gasteiger partial charge in [0.1, 0.15) is 12.1 Å². The summed E-state index contributed by atoms with van der Waals surface area (Å²) in [4.78, 5) is 10.9. The number of nitrogens with zero attached hydrogens (tertiary/aromatic N) is 2. The third kappa shape index (κ3) is 2.05. The second-order valence-corrected chi connectivity index (χ2v) is 3.00. The molecular formula is C11H8N4O. The van der Waals surface area contributed by atoms with Gasteiger partial charge in [0, 0.05) is 18.7 Å². The molecule has 0 aliphatic heterocycles. The highest BCUT2D eigenvalue weighted by molar-refractivity contribution is 5.98. The minimum Gasteiger partial charge on any atom is -0.326 e. The molecule has 16 heavy (non-hydrogen) atoms. The molecule has 0 fully saturated rings. The first-order valence-electron chi connectivity index (χ1n) is 4.39. The maximum absolute atomic E-state index is 10.9. The molecule has 2 N–H and O–H groups in total. The second-order valence-electron chi connectivity index (χ2n) is 3.00. The molecule has 5 heteroatoms. The van der Waals surface area contributed by atoms with Crippen LogP contribution >= 0.6 is 0 Å². The molecule has 0 aromatic heterocycles. The van der Waals surface area contributed by atoms with Crippen molar-refractivity contribution < 1.29 is 4.79 Å². The van der Waals surface area contributed by atoms with Crippen LogP contribution in [0, 0.1) is 28.1 Å². The van der Waals surface area contributed by atoms with Gasteiger partial charge in [-0.3, -0.25) is 4.79 Å². The smallest absolute Gasteiger partial charge is 0.221 e. The van der Waals surface area contributed by atoms with E-state index >= 15 is 0 Å². The third-order valence-corrected chi connectivity index (χ3v) is 1.93. The molecule has 1 aromatic rings. The highest BCUT2D eigenvalue weighted by Gasteiger charge is 2.11. The Hall–Kier alpha value is -2.66. The molecular weight excluding hydrogens is 204 g/mol. The number of hydrogen-bond acceptors (Lipinski definition) is 4. The molecule has 1 rings (SSSR count). The molecule has 0 radical (unpaired) electrons. The number of anilines is 1. The Balaban J connectivity index is 3.46. The standard InChI is InChI=1S/C11H8N4O/c1-7(16)15-11-3-2-8(4-12)9(5-13)10(11)6-14/h2-3,6,14H,1H3,(H,15,16). The first-order valence-corrected chi connectivity index (χ1v) is 4.39. The molecule has 0 aliphatic carbocycles. The quantitative estimate of drug-likeness (QED) is 0.724. The number of hydrogen-bond donors (Lipinski definition) is 2.